The Kier molecular flexibility index (Phi) is 4.16. The molecule has 0 bridgehead atoms. The lowest BCUT2D eigenvalue weighted by atomic mass is 10.1. The number of benzene rings is 1. The van der Waals surface area contributed by atoms with Gasteiger partial charge in [0, 0.05) is 10.0 Å². The molecule has 19 heavy (non-hydrogen) atoms. The van der Waals surface area contributed by atoms with Gasteiger partial charge >= 0.3 is 5.97 Å². The number of aromatic nitrogens is 3. The average molecular weight is 326 g/mol. The maximum Gasteiger partial charge on any atom is 0.361 e. The van der Waals surface area contributed by atoms with Gasteiger partial charge in [-0.05, 0) is 25.1 Å². The molecule has 2 aromatic rings. The predicted octanol–water partition coefficient (Wildman–Crippen LogP) is 2.42. The van der Waals surface area contributed by atoms with Gasteiger partial charge in [-0.15, -0.1) is 5.10 Å². The Bertz CT molecular complexity index is 598. The summed E-state index contributed by atoms with van der Waals surface area (Å²) in [6.07, 6.45) is 0. The van der Waals surface area contributed by atoms with Crippen LogP contribution in [0.5, 0.6) is 5.75 Å². The Morgan fingerprint density at radius 3 is 2.89 bits per heavy atom. The molecular weight excluding hydrogens is 314 g/mol. The largest absolute Gasteiger partial charge is 0.496 e. The van der Waals surface area contributed by atoms with E-state index in [-0.39, 0.29) is 12.3 Å². The number of H-pyrrole nitrogens is 1. The Morgan fingerprint density at radius 2 is 2.21 bits per heavy atom. The van der Waals surface area contributed by atoms with Gasteiger partial charge in [0.1, 0.15) is 11.4 Å². The number of methoxy groups -OCH3 is 1. The van der Waals surface area contributed by atoms with Crippen molar-refractivity contribution in [1.82, 2.24) is 15.4 Å². The van der Waals surface area contributed by atoms with Gasteiger partial charge in [-0.3, -0.25) is 0 Å². The van der Waals surface area contributed by atoms with Crippen LogP contribution in [0.1, 0.15) is 17.4 Å². The summed E-state index contributed by atoms with van der Waals surface area (Å²) in [5.41, 5.74) is 1.20. The summed E-state index contributed by atoms with van der Waals surface area (Å²) in [7, 11) is 1.55. The van der Waals surface area contributed by atoms with E-state index in [0.29, 0.717) is 17.0 Å². The number of hydrogen-bond acceptors (Lipinski definition) is 5. The molecule has 0 aliphatic carbocycles. The van der Waals surface area contributed by atoms with Crippen LogP contribution in [-0.4, -0.2) is 35.1 Å². The first kappa shape index (κ1) is 13.5. The number of hydrogen-bond donors (Lipinski definition) is 1. The van der Waals surface area contributed by atoms with Crippen molar-refractivity contribution in [3.63, 3.8) is 0 Å². The second kappa shape index (κ2) is 5.83. The molecule has 2 rings (SSSR count). The third kappa shape index (κ3) is 2.76. The fraction of sp³-hybridized carbons (Fsp3) is 0.250. The summed E-state index contributed by atoms with van der Waals surface area (Å²) < 4.78 is 11.1. The second-order valence-corrected chi connectivity index (χ2v) is 4.50. The van der Waals surface area contributed by atoms with Gasteiger partial charge < -0.3 is 9.47 Å². The van der Waals surface area contributed by atoms with Gasteiger partial charge in [0.15, 0.2) is 5.69 Å². The van der Waals surface area contributed by atoms with E-state index in [9.17, 15) is 4.79 Å². The lowest BCUT2D eigenvalue weighted by molar-refractivity contribution is 0.0520. The van der Waals surface area contributed by atoms with Crippen LogP contribution in [0.2, 0.25) is 0 Å². The Morgan fingerprint density at radius 1 is 1.42 bits per heavy atom. The summed E-state index contributed by atoms with van der Waals surface area (Å²) in [6, 6.07) is 5.43. The zero-order valence-corrected chi connectivity index (χ0v) is 12.0. The molecule has 0 amide bonds. The highest BCUT2D eigenvalue weighted by atomic mass is 79.9. The van der Waals surface area contributed by atoms with Crippen LogP contribution in [0.4, 0.5) is 0 Å². The van der Waals surface area contributed by atoms with E-state index in [1.165, 1.54) is 0 Å². The number of esters is 1. The minimum atomic E-state index is -0.520. The fourth-order valence-corrected chi connectivity index (χ4v) is 1.99. The summed E-state index contributed by atoms with van der Waals surface area (Å²) in [6.45, 7) is 2.01. The molecule has 0 fully saturated rings. The van der Waals surface area contributed by atoms with Crippen LogP contribution in [0.3, 0.4) is 0 Å². The molecule has 1 N–H and O–H groups in total. The van der Waals surface area contributed by atoms with E-state index in [2.05, 4.69) is 31.3 Å². The molecule has 0 saturated carbocycles. The minimum Gasteiger partial charge on any atom is -0.496 e. The van der Waals surface area contributed by atoms with Crippen LogP contribution in [0.15, 0.2) is 22.7 Å². The normalized spacial score (nSPS) is 10.3. The molecule has 0 unspecified atom stereocenters. The minimum absolute atomic E-state index is 0.137. The van der Waals surface area contributed by atoms with Crippen molar-refractivity contribution in [3.8, 4) is 17.0 Å². The third-order valence-electron chi connectivity index (χ3n) is 2.43. The lowest BCUT2D eigenvalue weighted by Gasteiger charge is -2.07. The van der Waals surface area contributed by atoms with E-state index in [4.69, 9.17) is 9.47 Å². The first-order chi connectivity index (χ1) is 9.17. The topological polar surface area (TPSA) is 77.1 Å². The highest BCUT2D eigenvalue weighted by molar-refractivity contribution is 9.10. The molecular formula is C12H12BrN3O3. The number of rotatable bonds is 4. The van der Waals surface area contributed by atoms with E-state index in [1.807, 2.05) is 6.07 Å². The number of aromatic amines is 1. The van der Waals surface area contributed by atoms with Crippen molar-refractivity contribution in [2.75, 3.05) is 13.7 Å². The standard InChI is InChI=1S/C12H12BrN3O3/c1-3-19-12(17)11-10(14-16-15-11)8-6-7(13)4-5-9(8)18-2/h4-6H,3H2,1-2H3,(H,14,15,16). The summed E-state index contributed by atoms with van der Waals surface area (Å²) in [5.74, 6) is 0.0796. The predicted molar refractivity (Wildman–Crippen MR) is 72.0 cm³/mol. The Balaban J connectivity index is 2.51. The molecule has 0 spiro atoms. The third-order valence-corrected chi connectivity index (χ3v) is 2.93. The van der Waals surface area contributed by atoms with Gasteiger partial charge in [-0.25, -0.2) is 4.79 Å². The fourth-order valence-electron chi connectivity index (χ4n) is 1.63. The van der Waals surface area contributed by atoms with E-state index in [1.54, 1.807) is 26.2 Å². The van der Waals surface area contributed by atoms with Crippen molar-refractivity contribution < 1.29 is 14.3 Å². The number of carbonyl (C=O) groups excluding carboxylic acids is 1. The molecule has 1 heterocycles. The number of nitrogens with zero attached hydrogens (tertiary/aromatic N) is 2. The number of halogens is 1. The molecule has 0 radical (unpaired) electrons. The van der Waals surface area contributed by atoms with Crippen LogP contribution >= 0.6 is 15.9 Å². The smallest absolute Gasteiger partial charge is 0.361 e. The molecule has 0 aliphatic heterocycles. The van der Waals surface area contributed by atoms with E-state index >= 15 is 0 Å². The highest BCUT2D eigenvalue weighted by Crippen LogP contribution is 2.32. The van der Waals surface area contributed by atoms with Crippen molar-refractivity contribution in [3.05, 3.63) is 28.4 Å². The highest BCUT2D eigenvalue weighted by Gasteiger charge is 2.21. The first-order valence-electron chi connectivity index (χ1n) is 5.59. The van der Waals surface area contributed by atoms with Gasteiger partial charge in [-0.2, -0.15) is 10.3 Å². The molecule has 6 nitrogen and oxygen atoms in total. The van der Waals surface area contributed by atoms with Crippen molar-refractivity contribution in [2.45, 2.75) is 6.92 Å². The van der Waals surface area contributed by atoms with Gasteiger partial charge in [0.05, 0.1) is 13.7 Å². The van der Waals surface area contributed by atoms with Gasteiger partial charge in [0.2, 0.25) is 0 Å². The van der Waals surface area contributed by atoms with E-state index < -0.39 is 5.97 Å². The van der Waals surface area contributed by atoms with Crippen molar-refractivity contribution in [2.24, 2.45) is 0 Å². The molecule has 100 valence electrons. The molecule has 0 atom stereocenters. The number of nitrogens with one attached hydrogen (secondary N) is 1. The molecule has 0 saturated heterocycles. The quantitative estimate of drug-likeness (QED) is 0.873. The van der Waals surface area contributed by atoms with Crippen molar-refractivity contribution in [1.29, 1.82) is 0 Å². The van der Waals surface area contributed by atoms with Crippen LogP contribution in [0, 0.1) is 0 Å². The Labute approximate surface area is 118 Å². The zero-order chi connectivity index (χ0) is 13.8. The molecule has 7 heteroatoms. The Hall–Kier alpha value is -1.89. The molecule has 1 aromatic heterocycles. The molecule has 0 aliphatic rings. The lowest BCUT2D eigenvalue weighted by Crippen LogP contribution is -2.07. The number of ether oxygens (including phenoxy) is 2. The van der Waals surface area contributed by atoms with Crippen LogP contribution in [0.25, 0.3) is 11.3 Å². The summed E-state index contributed by atoms with van der Waals surface area (Å²) in [4.78, 5) is 11.8. The zero-order valence-electron chi connectivity index (χ0n) is 10.4. The number of carbonyl (C=O) groups is 1. The first-order valence-corrected chi connectivity index (χ1v) is 6.38. The summed E-state index contributed by atoms with van der Waals surface area (Å²) >= 11 is 3.37. The van der Waals surface area contributed by atoms with E-state index in [0.717, 1.165) is 4.47 Å². The maximum absolute atomic E-state index is 11.8. The summed E-state index contributed by atoms with van der Waals surface area (Å²) in [5, 5.41) is 10.3. The maximum atomic E-state index is 11.8. The van der Waals surface area contributed by atoms with Crippen molar-refractivity contribution >= 4 is 21.9 Å². The SMILES string of the molecule is CCOC(=O)c1n[nH]nc1-c1cc(Br)ccc1OC. The van der Waals surface area contributed by atoms with Crippen LogP contribution in [-0.2, 0) is 4.74 Å². The van der Waals surface area contributed by atoms with Gasteiger partial charge in [-0.1, -0.05) is 15.9 Å². The van der Waals surface area contributed by atoms with Gasteiger partial charge in [0.25, 0.3) is 0 Å². The average Bonchev–Trinajstić information content (AvgIpc) is 2.88. The second-order valence-electron chi connectivity index (χ2n) is 3.59. The molecule has 1 aromatic carbocycles. The monoisotopic (exact) mass is 325 g/mol. The van der Waals surface area contributed by atoms with Crippen LogP contribution < -0.4 is 4.74 Å².